The molecule has 0 saturated carbocycles. The summed E-state index contributed by atoms with van der Waals surface area (Å²) < 4.78 is 61.7. The highest BCUT2D eigenvalue weighted by Crippen LogP contribution is 2.36. The molecule has 0 fully saturated rings. The SMILES string of the molecule is CCCCOc1cccc2c1C(=O)OC[C@H](NC(=O)CC1=CN(C(=O)OC(C)(C)C)C3C=CC=CC13)[C@@H](OC/C=C/CN(C(=O)OC(C)(C)C)C(=O)OC(C)(C)C)[C@H](OCc1ccc(OC)cc1)[C@H](OCCCC)COC/C=C/2. The smallest absolute Gasteiger partial charge is 0.420 e. The number of carbonyl (C=O) groups excluding carboxylic acids is 5. The van der Waals surface area contributed by atoms with E-state index in [-0.39, 0.29) is 50.9 Å². The van der Waals surface area contributed by atoms with Crippen LogP contribution in [0.1, 0.15) is 130 Å². The molecule has 6 atom stereocenters. The molecule has 2 aromatic carbocycles. The number of imide groups is 1. The average Bonchev–Trinajstić information content (AvgIpc) is 3.94. The minimum absolute atomic E-state index is 0.0154. The number of carbonyl (C=O) groups is 5. The normalized spacial score (nSPS) is 21.2. The quantitative estimate of drug-likeness (QED) is 0.0568. The Bertz CT molecular complexity index is 2450. The number of nitrogens with zero attached hydrogens (tertiary/aromatic N) is 2. The van der Waals surface area contributed by atoms with Crippen molar-refractivity contribution in [3.63, 3.8) is 0 Å². The molecule has 0 radical (unpaired) electrons. The van der Waals surface area contributed by atoms with E-state index in [1.807, 2.05) is 62.4 Å². The lowest BCUT2D eigenvalue weighted by Gasteiger charge is -2.38. The van der Waals surface area contributed by atoms with Gasteiger partial charge in [0.2, 0.25) is 5.91 Å². The van der Waals surface area contributed by atoms with Crippen LogP contribution in [0.2, 0.25) is 0 Å². The third kappa shape index (κ3) is 20.6. The number of methoxy groups -OCH3 is 1. The summed E-state index contributed by atoms with van der Waals surface area (Å²) in [7, 11) is 1.58. The number of ether oxygens (including phenoxy) is 10. The van der Waals surface area contributed by atoms with Crippen molar-refractivity contribution in [2.75, 3.05) is 53.3 Å². The van der Waals surface area contributed by atoms with E-state index in [0.29, 0.717) is 42.3 Å². The largest absolute Gasteiger partial charge is 0.497 e. The first kappa shape index (κ1) is 63.4. The van der Waals surface area contributed by atoms with Crippen molar-refractivity contribution in [3.05, 3.63) is 113 Å². The van der Waals surface area contributed by atoms with E-state index in [2.05, 4.69) is 5.32 Å². The Kier molecular flexibility index (Phi) is 24.2. The minimum atomic E-state index is -1.17. The molecule has 3 aliphatic rings. The number of esters is 1. The second-order valence-corrected chi connectivity index (χ2v) is 22.4. The molecule has 2 aliphatic heterocycles. The third-order valence-corrected chi connectivity index (χ3v) is 12.3. The molecule has 1 N–H and O–H groups in total. The van der Waals surface area contributed by atoms with Gasteiger partial charge in [-0.1, -0.05) is 99.6 Å². The van der Waals surface area contributed by atoms with Crippen molar-refractivity contribution in [1.82, 2.24) is 15.1 Å². The fraction of sp³-hybridized carbons (Fsp3) is 0.557. The molecule has 18 nitrogen and oxygen atoms in total. The van der Waals surface area contributed by atoms with Crippen LogP contribution in [-0.4, -0.2) is 140 Å². The molecule has 434 valence electrons. The summed E-state index contributed by atoms with van der Waals surface area (Å²) in [4.78, 5) is 72.4. The molecule has 18 heteroatoms. The highest BCUT2D eigenvalue weighted by molar-refractivity contribution is 5.97. The van der Waals surface area contributed by atoms with E-state index in [1.165, 1.54) is 4.90 Å². The summed E-state index contributed by atoms with van der Waals surface area (Å²) in [6, 6.07) is 11.1. The zero-order chi connectivity index (χ0) is 57.8. The second kappa shape index (κ2) is 30.2. The van der Waals surface area contributed by atoms with Crippen LogP contribution in [0.4, 0.5) is 14.4 Å². The molecule has 4 amide bonds. The van der Waals surface area contributed by atoms with Gasteiger partial charge in [-0.3, -0.25) is 9.69 Å². The van der Waals surface area contributed by atoms with Gasteiger partial charge in [0.1, 0.15) is 58.8 Å². The van der Waals surface area contributed by atoms with Gasteiger partial charge >= 0.3 is 24.2 Å². The second-order valence-electron chi connectivity index (χ2n) is 22.4. The van der Waals surface area contributed by atoms with E-state index < -0.39 is 84.0 Å². The Morgan fingerprint density at radius 3 is 2.11 bits per heavy atom. The van der Waals surface area contributed by atoms with E-state index in [0.717, 1.165) is 29.7 Å². The fourth-order valence-electron chi connectivity index (χ4n) is 8.54. The van der Waals surface area contributed by atoms with Gasteiger partial charge in [-0.2, -0.15) is 0 Å². The van der Waals surface area contributed by atoms with Crippen molar-refractivity contribution in [1.29, 1.82) is 0 Å². The van der Waals surface area contributed by atoms with Crippen molar-refractivity contribution < 1.29 is 71.3 Å². The number of unbranched alkanes of at least 4 members (excludes halogenated alkanes) is 2. The summed E-state index contributed by atoms with van der Waals surface area (Å²) in [5.41, 5.74) is -0.461. The van der Waals surface area contributed by atoms with Crippen LogP contribution in [0, 0.1) is 5.92 Å². The fourth-order valence-corrected chi connectivity index (χ4v) is 8.54. The van der Waals surface area contributed by atoms with E-state index in [4.69, 9.17) is 47.4 Å². The average molecular weight is 1100 g/mol. The van der Waals surface area contributed by atoms with Gasteiger partial charge in [0, 0.05) is 25.1 Å². The third-order valence-electron chi connectivity index (χ3n) is 12.3. The van der Waals surface area contributed by atoms with Crippen molar-refractivity contribution in [2.24, 2.45) is 5.92 Å². The summed E-state index contributed by atoms with van der Waals surface area (Å²) >= 11 is 0. The number of rotatable bonds is 20. The molecule has 2 aromatic rings. The zero-order valence-corrected chi connectivity index (χ0v) is 48.4. The highest BCUT2D eigenvalue weighted by Gasteiger charge is 2.42. The Morgan fingerprint density at radius 1 is 0.785 bits per heavy atom. The molecular weight excluding hydrogens is 1010 g/mol. The lowest BCUT2D eigenvalue weighted by atomic mass is 9.89. The maximum absolute atomic E-state index is 14.9. The Balaban J connectivity index is 1.62. The van der Waals surface area contributed by atoms with Gasteiger partial charge in [-0.25, -0.2) is 24.1 Å². The highest BCUT2D eigenvalue weighted by atomic mass is 16.6. The molecule has 2 unspecified atom stereocenters. The summed E-state index contributed by atoms with van der Waals surface area (Å²) in [6.45, 7) is 19.6. The summed E-state index contributed by atoms with van der Waals surface area (Å²) in [6.07, 6.45) is 13.6. The summed E-state index contributed by atoms with van der Waals surface area (Å²) in [5, 5.41) is 3.17. The number of cyclic esters (lactones) is 1. The van der Waals surface area contributed by atoms with Gasteiger partial charge in [0.15, 0.2) is 0 Å². The van der Waals surface area contributed by atoms with Crippen LogP contribution in [-0.2, 0) is 49.3 Å². The van der Waals surface area contributed by atoms with Gasteiger partial charge in [-0.05, 0) is 110 Å². The van der Waals surface area contributed by atoms with Crippen LogP contribution < -0.4 is 14.8 Å². The lowest BCUT2D eigenvalue weighted by molar-refractivity contribution is -0.168. The topological polar surface area (TPSA) is 196 Å². The first-order valence-corrected chi connectivity index (χ1v) is 27.4. The maximum Gasteiger partial charge on any atom is 0.420 e. The van der Waals surface area contributed by atoms with Gasteiger partial charge < -0.3 is 52.7 Å². The predicted octanol–water partition coefficient (Wildman–Crippen LogP) is 11.1. The van der Waals surface area contributed by atoms with Gasteiger partial charge in [0.25, 0.3) is 0 Å². The standard InChI is InChI=1S/C61H85N3O15/c1-13-15-34-72-49-27-21-23-43-24-22-33-71-41-50(73-35-16-14-2)54(75-39-42-28-30-45(70-12)31-29-42)53(74-36-20-19-32-63(56(67)77-59(3,4)5)57(68)78-60(6,7)8)47(40-76-55(66)52(43)49)62-51(65)37-44-38-64(58(69)79-61(9,10)11)48-26-18-17-25-46(44)48/h17-31,38,46-48,50,53-54H,13-16,32-37,39-41H2,1-12H3,(H,62,65)/b20-19+,24-22+/t46?,47-,48?,50+,53+,54+/m0/s1. The van der Waals surface area contributed by atoms with Gasteiger partial charge in [-0.15, -0.1) is 0 Å². The number of benzene rings is 2. The first-order chi connectivity index (χ1) is 37.5. The van der Waals surface area contributed by atoms with Crippen molar-refractivity contribution in [3.8, 4) is 11.5 Å². The minimum Gasteiger partial charge on any atom is -0.497 e. The molecule has 0 bridgehead atoms. The Labute approximate surface area is 467 Å². The van der Waals surface area contributed by atoms with E-state index in [1.54, 1.807) is 118 Å². The monoisotopic (exact) mass is 1100 g/mol. The van der Waals surface area contributed by atoms with Crippen LogP contribution in [0.15, 0.2) is 96.8 Å². The molecule has 2 heterocycles. The Morgan fingerprint density at radius 2 is 1.46 bits per heavy atom. The van der Waals surface area contributed by atoms with E-state index in [9.17, 15) is 24.0 Å². The Hall–Kier alpha value is -6.47. The van der Waals surface area contributed by atoms with Crippen LogP contribution >= 0.6 is 0 Å². The van der Waals surface area contributed by atoms with Crippen molar-refractivity contribution >= 4 is 36.2 Å². The molecule has 0 saturated heterocycles. The number of amides is 4. The number of hydrogen-bond acceptors (Lipinski definition) is 15. The van der Waals surface area contributed by atoms with Crippen LogP contribution in [0.25, 0.3) is 6.08 Å². The van der Waals surface area contributed by atoms with Gasteiger partial charge in [0.05, 0.1) is 58.8 Å². The molecule has 1 aliphatic carbocycles. The zero-order valence-electron chi connectivity index (χ0n) is 48.4. The number of hydrogen-bond donors (Lipinski definition) is 1. The van der Waals surface area contributed by atoms with Crippen LogP contribution in [0.3, 0.4) is 0 Å². The van der Waals surface area contributed by atoms with Crippen molar-refractivity contribution in [2.45, 2.75) is 162 Å². The number of allylic oxidation sites excluding steroid dienone is 2. The molecule has 0 aromatic heterocycles. The molecule has 5 rings (SSSR count). The van der Waals surface area contributed by atoms with Crippen LogP contribution in [0.5, 0.6) is 11.5 Å². The molecule has 79 heavy (non-hydrogen) atoms. The molecule has 0 spiro atoms. The number of fused-ring (bicyclic) bond motifs is 2. The van der Waals surface area contributed by atoms with E-state index >= 15 is 0 Å². The number of nitrogens with one attached hydrogen (secondary N) is 1. The molecular formula is C61H85N3O15. The first-order valence-electron chi connectivity index (χ1n) is 27.4. The summed E-state index contributed by atoms with van der Waals surface area (Å²) in [5.74, 6) is -0.552. The predicted molar refractivity (Wildman–Crippen MR) is 300 cm³/mol. The lowest BCUT2D eigenvalue weighted by Crippen LogP contribution is -2.57. The maximum atomic E-state index is 14.9.